The number of ketones is 1. The van der Waals surface area contributed by atoms with Gasteiger partial charge < -0.3 is 4.90 Å². The molecule has 0 aromatic heterocycles. The molecule has 2 rings (SSSR count). The zero-order valence-corrected chi connectivity index (χ0v) is 11.2. The minimum absolute atomic E-state index is 0.106. The van der Waals surface area contributed by atoms with Gasteiger partial charge in [0.1, 0.15) is 5.82 Å². The van der Waals surface area contributed by atoms with Crippen LogP contribution in [-0.4, -0.2) is 29.5 Å². The normalized spacial score (nSPS) is 14.9. The van der Waals surface area contributed by atoms with Crippen LogP contribution in [0, 0.1) is 5.82 Å². The molecule has 0 bridgehead atoms. The minimum Gasteiger partial charge on any atom is -0.301 e. The maximum atomic E-state index is 13.7. The van der Waals surface area contributed by atoms with E-state index in [0.717, 1.165) is 12.1 Å². The highest BCUT2D eigenvalue weighted by Gasteiger charge is 2.40. The average molecular weight is 328 g/mol. The Bertz CT molecular complexity index is 591. The van der Waals surface area contributed by atoms with Crippen molar-refractivity contribution in [1.82, 2.24) is 0 Å². The van der Waals surface area contributed by atoms with Gasteiger partial charge in [0.2, 0.25) is 0 Å². The molecule has 0 saturated heterocycles. The standard InChI is InChI=1S/C11H6ClF4NO2S/c12-5-1-2-6(13)8-7(5)9(18)10(19)17(8)3-4-20-11(14,15)16/h1-2H,3-4H2. The quantitative estimate of drug-likeness (QED) is 0.631. The highest BCUT2D eigenvalue weighted by molar-refractivity contribution is 8.00. The first-order valence-corrected chi connectivity index (χ1v) is 6.63. The van der Waals surface area contributed by atoms with Gasteiger partial charge in [-0.05, 0) is 23.9 Å². The van der Waals surface area contributed by atoms with Crippen molar-refractivity contribution in [3.63, 3.8) is 0 Å². The second-order valence-electron chi connectivity index (χ2n) is 3.83. The van der Waals surface area contributed by atoms with Gasteiger partial charge in [-0.25, -0.2) is 4.39 Å². The number of anilines is 1. The van der Waals surface area contributed by atoms with Gasteiger partial charge in [-0.2, -0.15) is 13.2 Å². The molecule has 20 heavy (non-hydrogen) atoms. The third-order valence-corrected chi connectivity index (χ3v) is 3.62. The van der Waals surface area contributed by atoms with E-state index in [0.29, 0.717) is 4.90 Å². The van der Waals surface area contributed by atoms with Crippen molar-refractivity contribution < 1.29 is 27.2 Å². The van der Waals surface area contributed by atoms with Crippen LogP contribution in [0.4, 0.5) is 23.2 Å². The molecule has 1 aromatic carbocycles. The first-order chi connectivity index (χ1) is 9.22. The van der Waals surface area contributed by atoms with Gasteiger partial charge in [-0.15, -0.1) is 0 Å². The number of halogens is 5. The third-order valence-electron chi connectivity index (χ3n) is 2.59. The average Bonchev–Trinajstić information content (AvgIpc) is 2.58. The lowest BCUT2D eigenvalue weighted by atomic mass is 10.1. The monoisotopic (exact) mass is 327 g/mol. The summed E-state index contributed by atoms with van der Waals surface area (Å²) in [6.45, 7) is -0.432. The second-order valence-corrected chi connectivity index (χ2v) is 5.40. The van der Waals surface area contributed by atoms with Crippen LogP contribution in [0.25, 0.3) is 0 Å². The van der Waals surface area contributed by atoms with Gasteiger partial charge in [-0.3, -0.25) is 9.59 Å². The van der Waals surface area contributed by atoms with Gasteiger partial charge in [-0.1, -0.05) is 11.6 Å². The zero-order valence-electron chi connectivity index (χ0n) is 9.63. The number of carbonyl (C=O) groups is 2. The van der Waals surface area contributed by atoms with E-state index in [2.05, 4.69) is 0 Å². The Kier molecular flexibility index (Phi) is 3.97. The molecule has 0 radical (unpaired) electrons. The summed E-state index contributed by atoms with van der Waals surface area (Å²) in [5.41, 5.74) is -5.10. The van der Waals surface area contributed by atoms with Crippen LogP contribution >= 0.6 is 23.4 Å². The number of fused-ring (bicyclic) bond motifs is 1. The molecule has 108 valence electrons. The summed E-state index contributed by atoms with van der Waals surface area (Å²) in [7, 11) is 0. The molecule has 0 fully saturated rings. The predicted molar refractivity (Wildman–Crippen MR) is 66.6 cm³/mol. The largest absolute Gasteiger partial charge is 0.441 e. The molecule has 0 saturated carbocycles. The molecule has 9 heteroatoms. The molecule has 1 heterocycles. The van der Waals surface area contributed by atoms with Gasteiger partial charge >= 0.3 is 5.51 Å². The van der Waals surface area contributed by atoms with E-state index in [-0.39, 0.29) is 28.0 Å². The summed E-state index contributed by atoms with van der Waals surface area (Å²) in [5, 5.41) is -0.106. The number of thioether (sulfide) groups is 1. The van der Waals surface area contributed by atoms with Crippen molar-refractivity contribution in [3.05, 3.63) is 28.5 Å². The number of amides is 1. The molecule has 0 atom stereocenters. The Balaban J connectivity index is 2.27. The Morgan fingerprint density at radius 3 is 2.50 bits per heavy atom. The zero-order chi connectivity index (χ0) is 15.1. The maximum Gasteiger partial charge on any atom is 0.441 e. The molecular weight excluding hydrogens is 322 g/mol. The number of hydrogen-bond acceptors (Lipinski definition) is 3. The fourth-order valence-corrected chi connectivity index (χ4v) is 2.56. The van der Waals surface area contributed by atoms with Crippen molar-refractivity contribution in [3.8, 4) is 0 Å². The van der Waals surface area contributed by atoms with Crippen molar-refractivity contribution in [2.45, 2.75) is 5.51 Å². The van der Waals surface area contributed by atoms with Gasteiger partial charge in [0, 0.05) is 12.3 Å². The van der Waals surface area contributed by atoms with Crippen molar-refractivity contribution >= 4 is 40.7 Å². The van der Waals surface area contributed by atoms with Crippen LogP contribution in [0.3, 0.4) is 0 Å². The summed E-state index contributed by atoms with van der Waals surface area (Å²) < 4.78 is 49.8. The van der Waals surface area contributed by atoms with E-state index in [9.17, 15) is 27.2 Å². The number of Topliss-reactive ketones (excluding diaryl/α,β-unsaturated/α-hetero) is 1. The van der Waals surface area contributed by atoms with E-state index in [1.165, 1.54) is 0 Å². The molecule has 1 aliphatic heterocycles. The minimum atomic E-state index is -4.46. The van der Waals surface area contributed by atoms with Crippen molar-refractivity contribution in [2.24, 2.45) is 0 Å². The summed E-state index contributed by atoms with van der Waals surface area (Å²) in [4.78, 5) is 24.0. The van der Waals surface area contributed by atoms with E-state index in [1.54, 1.807) is 0 Å². The second kappa shape index (κ2) is 5.25. The van der Waals surface area contributed by atoms with Gasteiger partial charge in [0.15, 0.2) is 0 Å². The Morgan fingerprint density at radius 2 is 1.90 bits per heavy atom. The predicted octanol–water partition coefficient (Wildman–Crippen LogP) is 3.26. The van der Waals surface area contributed by atoms with Crippen LogP contribution in [0.15, 0.2) is 12.1 Å². The van der Waals surface area contributed by atoms with Crippen molar-refractivity contribution in [1.29, 1.82) is 0 Å². The summed E-state index contributed by atoms with van der Waals surface area (Å²) in [6, 6.07) is 2.08. The summed E-state index contributed by atoms with van der Waals surface area (Å²) in [5.74, 6) is -3.47. The number of benzene rings is 1. The maximum absolute atomic E-state index is 13.7. The molecular formula is C11H6ClF4NO2S. The number of nitrogens with zero attached hydrogens (tertiary/aromatic N) is 1. The molecule has 3 nitrogen and oxygen atoms in total. The smallest absolute Gasteiger partial charge is 0.301 e. The fraction of sp³-hybridized carbons (Fsp3) is 0.273. The van der Waals surface area contributed by atoms with Crippen molar-refractivity contribution in [2.75, 3.05) is 17.2 Å². The van der Waals surface area contributed by atoms with Crippen LogP contribution in [0.1, 0.15) is 10.4 Å². The summed E-state index contributed by atoms with van der Waals surface area (Å²) >= 11 is 5.37. The number of rotatable bonds is 3. The molecule has 1 aliphatic rings. The number of alkyl halides is 3. The third kappa shape index (κ3) is 2.76. The van der Waals surface area contributed by atoms with E-state index in [4.69, 9.17) is 11.6 Å². The first-order valence-electron chi connectivity index (χ1n) is 5.27. The molecule has 1 amide bonds. The van der Waals surface area contributed by atoms with Crippen LogP contribution in [0.5, 0.6) is 0 Å². The van der Waals surface area contributed by atoms with E-state index >= 15 is 0 Å². The van der Waals surface area contributed by atoms with E-state index < -0.39 is 35.3 Å². The van der Waals surface area contributed by atoms with E-state index in [1.807, 2.05) is 0 Å². The molecule has 0 spiro atoms. The summed E-state index contributed by atoms with van der Waals surface area (Å²) in [6.07, 6.45) is 0. The Labute approximate surface area is 119 Å². The highest BCUT2D eigenvalue weighted by Crippen LogP contribution is 2.37. The first kappa shape index (κ1) is 15.1. The highest BCUT2D eigenvalue weighted by atomic mass is 35.5. The van der Waals surface area contributed by atoms with Gasteiger partial charge in [0.05, 0.1) is 16.3 Å². The van der Waals surface area contributed by atoms with Crippen LogP contribution in [0.2, 0.25) is 5.02 Å². The molecule has 0 N–H and O–H groups in total. The van der Waals surface area contributed by atoms with Crippen LogP contribution in [-0.2, 0) is 4.79 Å². The lowest BCUT2D eigenvalue weighted by Gasteiger charge is -2.17. The molecule has 0 aliphatic carbocycles. The molecule has 1 aromatic rings. The van der Waals surface area contributed by atoms with Gasteiger partial charge in [0.25, 0.3) is 11.7 Å². The topological polar surface area (TPSA) is 37.4 Å². The lowest BCUT2D eigenvalue weighted by molar-refractivity contribution is -0.114. The fourth-order valence-electron chi connectivity index (χ4n) is 1.82. The Morgan fingerprint density at radius 1 is 1.25 bits per heavy atom. The number of hydrogen-bond donors (Lipinski definition) is 0. The van der Waals surface area contributed by atoms with Crippen LogP contribution < -0.4 is 4.90 Å². The molecule has 0 unspecified atom stereocenters. The lowest BCUT2D eigenvalue weighted by Crippen LogP contribution is -2.32. The Hall–Kier alpha value is -1.28. The SMILES string of the molecule is O=C1C(=O)N(CCSC(F)(F)F)c2c(F)ccc(Cl)c21. The number of carbonyl (C=O) groups excluding carboxylic acids is 2.